The number of rotatable bonds is 4. The number of benzene rings is 1. The normalized spacial score (nSPS) is 12.2. The summed E-state index contributed by atoms with van der Waals surface area (Å²) in [5.41, 5.74) is 9.90. The Morgan fingerprint density at radius 2 is 1.87 bits per heavy atom. The number of hydrogen-bond donors (Lipinski definition) is 2. The lowest BCUT2D eigenvalue weighted by atomic mass is 9.98. The van der Waals surface area contributed by atoms with E-state index in [-0.39, 0.29) is 11.6 Å². The maximum atomic E-state index is 11.4. The van der Waals surface area contributed by atoms with Crippen molar-refractivity contribution in [2.75, 3.05) is 0 Å². The Hall–Kier alpha value is -2.69. The second kappa shape index (κ2) is 6.60. The average Bonchev–Trinajstić information content (AvgIpc) is 2.48. The van der Waals surface area contributed by atoms with E-state index in [4.69, 9.17) is 5.73 Å². The van der Waals surface area contributed by atoms with Crippen molar-refractivity contribution in [3.05, 3.63) is 64.4 Å². The molecule has 1 heterocycles. The zero-order valence-corrected chi connectivity index (χ0v) is 13.8. The molecular formula is C18H21N3O2. The van der Waals surface area contributed by atoms with Gasteiger partial charge in [0.1, 0.15) is 0 Å². The van der Waals surface area contributed by atoms with Crippen LogP contribution in [0.25, 0.3) is 5.57 Å². The van der Waals surface area contributed by atoms with Crippen LogP contribution in [0.2, 0.25) is 0 Å². The molecular weight excluding hydrogens is 290 g/mol. The van der Waals surface area contributed by atoms with Crippen molar-refractivity contribution in [2.45, 2.75) is 33.6 Å². The van der Waals surface area contributed by atoms with Gasteiger partial charge in [0.25, 0.3) is 0 Å². The number of aromatic nitrogens is 2. The number of aryl methyl sites for hydroxylation is 1. The fraction of sp³-hybridized carbons (Fsp3) is 0.278. The number of hydrogen-bond acceptors (Lipinski definition) is 4. The molecule has 0 unspecified atom stereocenters. The van der Waals surface area contributed by atoms with Crippen molar-refractivity contribution >= 4 is 11.5 Å². The summed E-state index contributed by atoms with van der Waals surface area (Å²) in [7, 11) is 0. The summed E-state index contributed by atoms with van der Waals surface area (Å²) in [4.78, 5) is 20.1. The van der Waals surface area contributed by atoms with Gasteiger partial charge in [-0.05, 0) is 37.0 Å². The van der Waals surface area contributed by atoms with Crippen molar-refractivity contribution in [2.24, 2.45) is 5.73 Å². The highest BCUT2D eigenvalue weighted by Crippen LogP contribution is 2.27. The third-order valence-corrected chi connectivity index (χ3v) is 3.59. The van der Waals surface area contributed by atoms with Gasteiger partial charge in [-0.15, -0.1) is 0 Å². The molecule has 5 nitrogen and oxygen atoms in total. The minimum Gasteiger partial charge on any atom is -0.477 e. The minimum absolute atomic E-state index is 0.0222. The van der Waals surface area contributed by atoms with Crippen LogP contribution in [-0.4, -0.2) is 21.0 Å². The first-order valence-corrected chi connectivity index (χ1v) is 7.46. The molecule has 5 heteroatoms. The van der Waals surface area contributed by atoms with Crippen molar-refractivity contribution < 1.29 is 9.90 Å². The lowest BCUT2D eigenvalue weighted by Crippen LogP contribution is -2.11. The lowest BCUT2D eigenvalue weighted by Gasteiger charge is -2.14. The molecule has 1 aromatic carbocycles. The molecule has 0 aliphatic rings. The van der Waals surface area contributed by atoms with Crippen LogP contribution in [0.3, 0.4) is 0 Å². The van der Waals surface area contributed by atoms with E-state index in [1.807, 2.05) is 45.0 Å². The summed E-state index contributed by atoms with van der Waals surface area (Å²) in [5.74, 6) is -0.636. The molecule has 0 bridgehead atoms. The van der Waals surface area contributed by atoms with E-state index in [0.717, 1.165) is 11.1 Å². The summed E-state index contributed by atoms with van der Waals surface area (Å²) < 4.78 is 0. The molecule has 2 rings (SSSR count). The van der Waals surface area contributed by atoms with Gasteiger partial charge in [-0.2, -0.15) is 0 Å². The maximum absolute atomic E-state index is 11.4. The molecule has 2 aromatic rings. The van der Waals surface area contributed by atoms with Crippen LogP contribution in [0.15, 0.2) is 36.0 Å². The molecule has 0 amide bonds. The standard InChI is InChI=1S/C18H21N3O2/c1-10(2)14-9-15(18(22)23)21-17(20-14)16(12(4)19)13-8-6-5-7-11(13)3/h5-10H,19H2,1-4H3,(H,22,23). The molecule has 0 spiro atoms. The van der Waals surface area contributed by atoms with E-state index in [1.165, 1.54) is 6.07 Å². The van der Waals surface area contributed by atoms with Gasteiger partial charge in [0, 0.05) is 17.0 Å². The minimum atomic E-state index is -1.07. The van der Waals surface area contributed by atoms with Gasteiger partial charge in [-0.3, -0.25) is 0 Å². The predicted molar refractivity (Wildman–Crippen MR) is 90.1 cm³/mol. The number of carbonyl (C=O) groups is 1. The van der Waals surface area contributed by atoms with E-state index in [1.54, 1.807) is 6.92 Å². The van der Waals surface area contributed by atoms with Gasteiger partial charge >= 0.3 is 5.97 Å². The van der Waals surface area contributed by atoms with E-state index in [2.05, 4.69) is 9.97 Å². The van der Waals surface area contributed by atoms with E-state index < -0.39 is 5.97 Å². The summed E-state index contributed by atoms with van der Waals surface area (Å²) in [6.07, 6.45) is 0. The van der Waals surface area contributed by atoms with Crippen LogP contribution in [0, 0.1) is 6.92 Å². The first kappa shape index (κ1) is 16.7. The molecule has 120 valence electrons. The Morgan fingerprint density at radius 1 is 1.22 bits per heavy atom. The van der Waals surface area contributed by atoms with Crippen LogP contribution in [0.1, 0.15) is 59.8 Å². The number of allylic oxidation sites excluding steroid dienone is 1. The Kier molecular flexibility index (Phi) is 4.79. The molecule has 0 aliphatic carbocycles. The topological polar surface area (TPSA) is 89.1 Å². The zero-order valence-electron chi connectivity index (χ0n) is 13.8. The number of aromatic carboxylic acids is 1. The summed E-state index contributed by atoms with van der Waals surface area (Å²) in [6, 6.07) is 9.28. The number of carboxylic acids is 1. The summed E-state index contributed by atoms with van der Waals surface area (Å²) in [5, 5.41) is 9.32. The van der Waals surface area contributed by atoms with Crippen LogP contribution in [0.4, 0.5) is 0 Å². The largest absolute Gasteiger partial charge is 0.477 e. The number of nitrogens with two attached hydrogens (primary N) is 1. The number of nitrogens with zero attached hydrogens (tertiary/aromatic N) is 2. The third-order valence-electron chi connectivity index (χ3n) is 3.59. The van der Waals surface area contributed by atoms with Gasteiger partial charge < -0.3 is 10.8 Å². The average molecular weight is 311 g/mol. The molecule has 0 atom stereocenters. The van der Waals surface area contributed by atoms with Gasteiger partial charge in [-0.25, -0.2) is 14.8 Å². The van der Waals surface area contributed by atoms with E-state index >= 15 is 0 Å². The lowest BCUT2D eigenvalue weighted by molar-refractivity contribution is 0.0690. The first-order valence-electron chi connectivity index (χ1n) is 7.46. The fourth-order valence-corrected chi connectivity index (χ4v) is 2.35. The summed E-state index contributed by atoms with van der Waals surface area (Å²) in [6.45, 7) is 7.67. The monoisotopic (exact) mass is 311 g/mol. The second-order valence-electron chi connectivity index (χ2n) is 5.83. The maximum Gasteiger partial charge on any atom is 0.354 e. The van der Waals surface area contributed by atoms with Gasteiger partial charge in [-0.1, -0.05) is 38.1 Å². The summed E-state index contributed by atoms with van der Waals surface area (Å²) >= 11 is 0. The van der Waals surface area contributed by atoms with Crippen LogP contribution in [-0.2, 0) is 0 Å². The van der Waals surface area contributed by atoms with Crippen molar-refractivity contribution in [1.82, 2.24) is 9.97 Å². The van der Waals surface area contributed by atoms with Gasteiger partial charge in [0.2, 0.25) is 0 Å². The Balaban J connectivity index is 2.73. The molecule has 0 aliphatic heterocycles. The molecule has 1 aromatic heterocycles. The third kappa shape index (κ3) is 3.56. The van der Waals surface area contributed by atoms with Crippen molar-refractivity contribution in [1.29, 1.82) is 0 Å². The molecule has 0 radical (unpaired) electrons. The highest BCUT2D eigenvalue weighted by molar-refractivity contribution is 5.87. The quantitative estimate of drug-likeness (QED) is 0.904. The molecule has 0 saturated heterocycles. The Morgan fingerprint density at radius 3 is 2.39 bits per heavy atom. The van der Waals surface area contributed by atoms with E-state index in [0.29, 0.717) is 22.8 Å². The molecule has 3 N–H and O–H groups in total. The highest BCUT2D eigenvalue weighted by Gasteiger charge is 2.18. The van der Waals surface area contributed by atoms with E-state index in [9.17, 15) is 9.90 Å². The molecule has 0 fully saturated rings. The Labute approximate surface area is 135 Å². The van der Waals surface area contributed by atoms with Crippen LogP contribution < -0.4 is 5.73 Å². The smallest absolute Gasteiger partial charge is 0.354 e. The van der Waals surface area contributed by atoms with Crippen LogP contribution in [0.5, 0.6) is 0 Å². The van der Waals surface area contributed by atoms with Crippen molar-refractivity contribution in [3.8, 4) is 0 Å². The van der Waals surface area contributed by atoms with Gasteiger partial charge in [0.05, 0.1) is 0 Å². The second-order valence-corrected chi connectivity index (χ2v) is 5.83. The number of carboxylic acid groups (broad SMARTS) is 1. The predicted octanol–water partition coefficient (Wildman–Crippen LogP) is 3.34. The molecule has 0 saturated carbocycles. The van der Waals surface area contributed by atoms with Crippen molar-refractivity contribution in [3.63, 3.8) is 0 Å². The fourth-order valence-electron chi connectivity index (χ4n) is 2.35. The zero-order chi connectivity index (χ0) is 17.1. The van der Waals surface area contributed by atoms with Gasteiger partial charge in [0.15, 0.2) is 11.5 Å². The SMILES string of the molecule is CC(N)=C(c1nc(C(=O)O)cc(C(C)C)n1)c1ccccc1C. The first-order chi connectivity index (χ1) is 10.8. The Bertz CT molecular complexity index is 776. The molecule has 23 heavy (non-hydrogen) atoms. The van der Waals surface area contributed by atoms with Crippen LogP contribution >= 0.6 is 0 Å². The highest BCUT2D eigenvalue weighted by atomic mass is 16.4.